The van der Waals surface area contributed by atoms with Gasteiger partial charge in [-0.3, -0.25) is 9.11 Å². The second-order valence-electron chi connectivity index (χ2n) is 0.434. The summed E-state index contributed by atoms with van der Waals surface area (Å²) in [4.78, 5) is 0. The highest BCUT2D eigenvalue weighted by Crippen LogP contribution is 1.74. The van der Waals surface area contributed by atoms with Crippen molar-refractivity contribution in [2.75, 3.05) is 0 Å². The molecule has 0 aromatic heterocycles. The van der Waals surface area contributed by atoms with Gasteiger partial charge in [-0.15, -0.1) is 0 Å². The molecular formula is H5NO4S2. The Morgan fingerprint density at radius 3 is 1.14 bits per heavy atom. The number of rotatable bonds is 1. The number of hydrogen-bond donors (Lipinski definition) is 3. The van der Waals surface area contributed by atoms with Crippen LogP contribution in [-0.2, 0) is 20.2 Å². The second-order valence-corrected chi connectivity index (χ2v) is 3.01. The fourth-order valence-corrected chi connectivity index (χ4v) is 0. The van der Waals surface area contributed by atoms with Gasteiger partial charge in [-0.1, -0.05) is 0 Å². The van der Waals surface area contributed by atoms with E-state index in [4.69, 9.17) is 9.11 Å². The average molecular weight is 147 g/mol. The van der Waals surface area contributed by atoms with E-state index < -0.39 is 20.2 Å². The van der Waals surface area contributed by atoms with E-state index in [1.165, 1.54) is 0 Å². The first kappa shape index (κ1) is 10.2. The molecule has 0 aromatic carbocycles. The monoisotopic (exact) mass is 147 g/mol. The van der Waals surface area contributed by atoms with Crippen LogP contribution in [0.1, 0.15) is 0 Å². The average Bonchev–Trinajstić information content (AvgIpc) is 1.36. The molecule has 0 aromatic rings. The highest BCUT2D eigenvalue weighted by molar-refractivity contribution is 8.56. The molecule has 7 heavy (non-hydrogen) atoms. The van der Waals surface area contributed by atoms with E-state index in [9.17, 15) is 8.42 Å². The van der Waals surface area contributed by atoms with Gasteiger partial charge in [0.05, 0.1) is 0 Å². The van der Waals surface area contributed by atoms with Gasteiger partial charge >= 0.3 is 0 Å². The van der Waals surface area contributed by atoms with Crippen LogP contribution in [0.4, 0.5) is 0 Å². The quantitative estimate of drug-likeness (QED) is 0.342. The van der Waals surface area contributed by atoms with Crippen molar-refractivity contribution >= 4 is 20.2 Å². The standard InChI is InChI=1S/H3N.H2O4S2/c;1-5(2)6(3)4/h1H3;(H,1,2)(H,3,4). The molecule has 0 radical (unpaired) electrons. The Kier molecular flexibility index (Phi) is 6.34. The lowest BCUT2D eigenvalue weighted by Gasteiger charge is -1.74. The SMILES string of the molecule is N.O=S(O)S(=O)O. The fraction of sp³-hybridized carbons (Fsp3) is 0. The van der Waals surface area contributed by atoms with Crippen molar-refractivity contribution in [3.8, 4) is 0 Å². The summed E-state index contributed by atoms with van der Waals surface area (Å²) in [7, 11) is -5.18. The minimum atomic E-state index is -2.59. The molecule has 0 saturated heterocycles. The molecule has 0 heterocycles. The third kappa shape index (κ3) is 6.18. The summed E-state index contributed by atoms with van der Waals surface area (Å²) >= 11 is 0. The maximum atomic E-state index is 9.26. The van der Waals surface area contributed by atoms with Gasteiger partial charge in [0.2, 0.25) is 0 Å². The normalized spacial score (nSPS) is 16.9. The summed E-state index contributed by atoms with van der Waals surface area (Å²) in [6, 6.07) is 0. The summed E-state index contributed by atoms with van der Waals surface area (Å²) < 4.78 is 33.6. The maximum absolute atomic E-state index is 9.26. The van der Waals surface area contributed by atoms with Crippen LogP contribution in [-0.4, -0.2) is 17.5 Å². The van der Waals surface area contributed by atoms with Crippen LogP contribution in [0.5, 0.6) is 0 Å². The van der Waals surface area contributed by atoms with Crippen molar-refractivity contribution in [1.29, 1.82) is 0 Å². The highest BCUT2D eigenvalue weighted by atomic mass is 33.2. The van der Waals surface area contributed by atoms with Crippen LogP contribution in [0, 0.1) is 0 Å². The predicted molar refractivity (Wildman–Crippen MR) is 26.6 cm³/mol. The number of hydrogen-bond acceptors (Lipinski definition) is 3. The first-order valence-corrected chi connectivity index (χ1v) is 3.60. The molecule has 0 spiro atoms. The maximum Gasteiger partial charge on any atom is 0.274 e. The Bertz CT molecular complexity index is 75.7. The Morgan fingerprint density at radius 2 is 1.14 bits per heavy atom. The molecule has 0 saturated carbocycles. The van der Waals surface area contributed by atoms with Crippen molar-refractivity contribution < 1.29 is 17.5 Å². The Hall–Kier alpha value is 0.180. The molecule has 5 nitrogen and oxygen atoms in total. The Labute approximate surface area is 44.7 Å². The van der Waals surface area contributed by atoms with Crippen molar-refractivity contribution in [3.63, 3.8) is 0 Å². The van der Waals surface area contributed by atoms with Gasteiger partial charge in [0.15, 0.2) is 0 Å². The van der Waals surface area contributed by atoms with Crippen LogP contribution < -0.4 is 6.15 Å². The molecule has 0 aliphatic heterocycles. The lowest BCUT2D eigenvalue weighted by molar-refractivity contribution is 0.548. The molecule has 46 valence electrons. The van der Waals surface area contributed by atoms with Crippen LogP contribution in [0.15, 0.2) is 0 Å². The predicted octanol–water partition coefficient (Wildman–Crippen LogP) is -0.493. The van der Waals surface area contributed by atoms with Gasteiger partial charge in [-0.05, 0) is 0 Å². The summed E-state index contributed by atoms with van der Waals surface area (Å²) in [6.07, 6.45) is 0. The zero-order valence-electron chi connectivity index (χ0n) is 3.23. The van der Waals surface area contributed by atoms with Crippen molar-refractivity contribution in [2.24, 2.45) is 0 Å². The largest absolute Gasteiger partial charge is 0.344 e. The molecule has 0 fully saturated rings. The van der Waals surface area contributed by atoms with Crippen LogP contribution in [0.3, 0.4) is 0 Å². The van der Waals surface area contributed by atoms with E-state index in [2.05, 4.69) is 0 Å². The van der Waals surface area contributed by atoms with E-state index in [1.807, 2.05) is 0 Å². The van der Waals surface area contributed by atoms with Crippen molar-refractivity contribution in [2.45, 2.75) is 0 Å². The smallest absolute Gasteiger partial charge is 0.274 e. The third-order valence-corrected chi connectivity index (χ3v) is 1.10. The van der Waals surface area contributed by atoms with Gasteiger partial charge in [-0.25, -0.2) is 8.42 Å². The van der Waals surface area contributed by atoms with Crippen LogP contribution >= 0.6 is 0 Å². The lowest BCUT2D eigenvalue weighted by Crippen LogP contribution is -1.93. The van der Waals surface area contributed by atoms with Gasteiger partial charge in [-0.2, -0.15) is 0 Å². The summed E-state index contributed by atoms with van der Waals surface area (Å²) in [6.45, 7) is 0. The summed E-state index contributed by atoms with van der Waals surface area (Å²) in [5.41, 5.74) is 0. The molecule has 0 amide bonds. The zero-order chi connectivity index (χ0) is 5.15. The topological polar surface area (TPSA) is 110 Å². The molecule has 0 bridgehead atoms. The third-order valence-electron chi connectivity index (χ3n) is 0.122. The van der Waals surface area contributed by atoms with E-state index in [1.54, 1.807) is 0 Å². The molecule has 7 heteroatoms. The molecular weight excluding hydrogens is 142 g/mol. The van der Waals surface area contributed by atoms with Gasteiger partial charge in [0.25, 0.3) is 20.2 Å². The first-order valence-electron chi connectivity index (χ1n) is 0.865. The molecule has 0 rings (SSSR count). The Morgan fingerprint density at radius 1 is 1.00 bits per heavy atom. The van der Waals surface area contributed by atoms with Crippen molar-refractivity contribution in [1.82, 2.24) is 6.15 Å². The summed E-state index contributed by atoms with van der Waals surface area (Å²) in [5.74, 6) is 0. The molecule has 2 unspecified atom stereocenters. The van der Waals surface area contributed by atoms with Crippen LogP contribution in [0.25, 0.3) is 0 Å². The van der Waals surface area contributed by atoms with E-state index in [-0.39, 0.29) is 6.15 Å². The summed E-state index contributed by atoms with van der Waals surface area (Å²) in [5, 5.41) is 0. The van der Waals surface area contributed by atoms with Crippen LogP contribution in [0.2, 0.25) is 0 Å². The lowest BCUT2D eigenvalue weighted by atomic mass is 14.0. The van der Waals surface area contributed by atoms with Gasteiger partial charge in [0.1, 0.15) is 0 Å². The van der Waals surface area contributed by atoms with E-state index >= 15 is 0 Å². The minimum absolute atomic E-state index is 0. The van der Waals surface area contributed by atoms with E-state index in [0.717, 1.165) is 0 Å². The van der Waals surface area contributed by atoms with E-state index in [0.29, 0.717) is 0 Å². The molecule has 5 N–H and O–H groups in total. The zero-order valence-corrected chi connectivity index (χ0v) is 4.87. The highest BCUT2D eigenvalue weighted by Gasteiger charge is 1.95. The van der Waals surface area contributed by atoms with Gasteiger partial charge < -0.3 is 6.15 Å². The minimum Gasteiger partial charge on any atom is -0.344 e. The molecule has 2 atom stereocenters. The second kappa shape index (κ2) is 4.34. The molecule has 0 aliphatic carbocycles. The van der Waals surface area contributed by atoms with Crippen molar-refractivity contribution in [3.05, 3.63) is 0 Å². The first-order chi connectivity index (χ1) is 2.64. The Balaban J connectivity index is 0. The van der Waals surface area contributed by atoms with Gasteiger partial charge in [0, 0.05) is 0 Å². The molecule has 0 aliphatic rings. The fourth-order valence-electron chi connectivity index (χ4n) is 0.